The topological polar surface area (TPSA) is 80.3 Å². The van der Waals surface area contributed by atoms with E-state index < -0.39 is 41.1 Å². The van der Waals surface area contributed by atoms with Gasteiger partial charge in [0.1, 0.15) is 11.4 Å². The second kappa shape index (κ2) is 11.9. The zero-order valence-electron chi connectivity index (χ0n) is 22.8. The molecule has 222 valence electrons. The molecule has 0 aliphatic heterocycles. The standard InChI is InChI=1S/C31H30ClF4N3O3/c1-2-42-28(40)26-19-8-9-20(12-19)27(26)38-29(41)39-30(16-18-6-4-3-5-7-18,25-11-10-23(32)17-37-25)21-13-22(31(34,35)36)15-24(33)14-21/h3-7,10-11,13-15,17,19-20,26-27H,2,8-9,12,16H2,1H3,(H2,38,39,41)/t19-,20+,26-,27+,30+/m0/s1. The summed E-state index contributed by atoms with van der Waals surface area (Å²) in [5, 5.41) is 6.07. The van der Waals surface area contributed by atoms with E-state index >= 15 is 0 Å². The van der Waals surface area contributed by atoms with Gasteiger partial charge in [0.05, 0.1) is 28.8 Å². The number of esters is 1. The largest absolute Gasteiger partial charge is 0.466 e. The van der Waals surface area contributed by atoms with Crippen molar-refractivity contribution in [3.63, 3.8) is 0 Å². The number of urea groups is 1. The number of halogens is 5. The van der Waals surface area contributed by atoms with E-state index in [9.17, 15) is 27.2 Å². The van der Waals surface area contributed by atoms with Gasteiger partial charge < -0.3 is 15.4 Å². The van der Waals surface area contributed by atoms with Gasteiger partial charge >= 0.3 is 18.2 Å². The monoisotopic (exact) mass is 603 g/mol. The number of nitrogens with one attached hydrogen (secondary N) is 2. The van der Waals surface area contributed by atoms with Crippen LogP contribution in [0.3, 0.4) is 0 Å². The molecule has 2 fully saturated rings. The van der Waals surface area contributed by atoms with E-state index in [0.29, 0.717) is 11.6 Å². The molecule has 6 nitrogen and oxygen atoms in total. The first-order valence-corrected chi connectivity index (χ1v) is 14.2. The van der Waals surface area contributed by atoms with Crippen LogP contribution in [-0.4, -0.2) is 29.6 Å². The van der Waals surface area contributed by atoms with Gasteiger partial charge in [-0.15, -0.1) is 0 Å². The number of amides is 2. The fourth-order valence-electron chi connectivity index (χ4n) is 6.51. The van der Waals surface area contributed by atoms with Crippen molar-refractivity contribution in [2.75, 3.05) is 6.61 Å². The van der Waals surface area contributed by atoms with E-state index in [2.05, 4.69) is 15.6 Å². The Balaban J connectivity index is 1.60. The molecule has 42 heavy (non-hydrogen) atoms. The van der Waals surface area contributed by atoms with E-state index in [0.717, 1.165) is 31.4 Å². The molecule has 1 aromatic heterocycles. The first-order chi connectivity index (χ1) is 20.0. The maximum Gasteiger partial charge on any atom is 0.416 e. The number of nitrogens with zero attached hydrogens (tertiary/aromatic N) is 1. The van der Waals surface area contributed by atoms with E-state index in [1.807, 2.05) is 0 Å². The van der Waals surface area contributed by atoms with Crippen LogP contribution in [0, 0.1) is 23.6 Å². The molecule has 2 aromatic carbocycles. The molecule has 0 unspecified atom stereocenters. The molecule has 2 bridgehead atoms. The fourth-order valence-corrected chi connectivity index (χ4v) is 6.62. The highest BCUT2D eigenvalue weighted by atomic mass is 35.5. The second-order valence-corrected chi connectivity index (χ2v) is 11.3. The first kappa shape index (κ1) is 29.8. The lowest BCUT2D eigenvalue weighted by Crippen LogP contribution is -2.57. The molecule has 2 aliphatic carbocycles. The zero-order chi connectivity index (χ0) is 30.1. The van der Waals surface area contributed by atoms with Crippen molar-refractivity contribution in [2.24, 2.45) is 17.8 Å². The van der Waals surface area contributed by atoms with E-state index in [4.69, 9.17) is 16.3 Å². The fraction of sp³-hybridized carbons (Fsp3) is 0.387. The highest BCUT2D eigenvalue weighted by molar-refractivity contribution is 6.30. The van der Waals surface area contributed by atoms with Crippen molar-refractivity contribution in [2.45, 2.75) is 50.4 Å². The van der Waals surface area contributed by atoms with Gasteiger partial charge in [0, 0.05) is 18.7 Å². The average molecular weight is 604 g/mol. The third-order valence-electron chi connectivity index (χ3n) is 8.29. The van der Waals surface area contributed by atoms with Gasteiger partial charge in [0.15, 0.2) is 0 Å². The lowest BCUT2D eigenvalue weighted by molar-refractivity contribution is -0.150. The first-order valence-electron chi connectivity index (χ1n) is 13.8. The van der Waals surface area contributed by atoms with Gasteiger partial charge in [0.2, 0.25) is 0 Å². The molecule has 5 atom stereocenters. The van der Waals surface area contributed by atoms with Crippen LogP contribution in [-0.2, 0) is 27.7 Å². The molecule has 2 aliphatic rings. The van der Waals surface area contributed by atoms with Gasteiger partial charge in [-0.3, -0.25) is 9.78 Å². The van der Waals surface area contributed by atoms with Crippen molar-refractivity contribution in [1.82, 2.24) is 15.6 Å². The Bertz CT molecular complexity index is 1440. The van der Waals surface area contributed by atoms with Gasteiger partial charge in [-0.25, -0.2) is 9.18 Å². The Hall–Kier alpha value is -3.66. The zero-order valence-corrected chi connectivity index (χ0v) is 23.5. The van der Waals surface area contributed by atoms with Crippen LogP contribution < -0.4 is 10.6 Å². The number of carbonyl (C=O) groups excluding carboxylic acids is 2. The number of alkyl halides is 3. The summed E-state index contributed by atoms with van der Waals surface area (Å²) in [6.45, 7) is 1.92. The van der Waals surface area contributed by atoms with Crippen LogP contribution in [0.25, 0.3) is 0 Å². The molecule has 2 saturated carbocycles. The molecule has 5 rings (SSSR count). The smallest absolute Gasteiger partial charge is 0.416 e. The maximum absolute atomic E-state index is 14.9. The Labute approximate surface area is 245 Å². The van der Waals surface area contributed by atoms with Crippen molar-refractivity contribution in [3.8, 4) is 0 Å². The molecule has 2 amide bonds. The molecule has 0 spiro atoms. The number of carbonyl (C=O) groups is 2. The third kappa shape index (κ3) is 6.09. The number of fused-ring (bicyclic) bond motifs is 2. The summed E-state index contributed by atoms with van der Waals surface area (Å²) < 4.78 is 61.8. The molecule has 1 heterocycles. The Morgan fingerprint density at radius 2 is 1.74 bits per heavy atom. The summed E-state index contributed by atoms with van der Waals surface area (Å²) in [7, 11) is 0. The van der Waals surface area contributed by atoms with Crippen LogP contribution in [0.4, 0.5) is 22.4 Å². The molecular weight excluding hydrogens is 574 g/mol. The number of hydrogen-bond acceptors (Lipinski definition) is 4. The van der Waals surface area contributed by atoms with Gasteiger partial charge in [-0.1, -0.05) is 41.9 Å². The molecular formula is C31H30ClF4N3O3. The quantitative estimate of drug-likeness (QED) is 0.223. The third-order valence-corrected chi connectivity index (χ3v) is 8.52. The van der Waals surface area contributed by atoms with Crippen LogP contribution in [0.15, 0.2) is 66.9 Å². The minimum Gasteiger partial charge on any atom is -0.466 e. The summed E-state index contributed by atoms with van der Waals surface area (Å²) in [6, 6.07) is 12.7. The maximum atomic E-state index is 14.9. The normalized spacial score (nSPS) is 22.8. The SMILES string of the molecule is CCOC(=O)[C@H]1[C@H]2CC[C@H](C2)[C@H]1NC(=O)N[C@](Cc1ccccc1)(c1cc(F)cc(C(F)(F)F)c1)c1ccc(Cl)cn1. The number of rotatable bonds is 8. The summed E-state index contributed by atoms with van der Waals surface area (Å²) in [4.78, 5) is 31.1. The second-order valence-electron chi connectivity index (χ2n) is 10.9. The highest BCUT2D eigenvalue weighted by Gasteiger charge is 2.52. The van der Waals surface area contributed by atoms with Gasteiger partial charge in [-0.2, -0.15) is 13.2 Å². The predicted octanol–water partition coefficient (Wildman–Crippen LogP) is 6.66. The minimum atomic E-state index is -4.85. The van der Waals surface area contributed by atoms with Crippen LogP contribution >= 0.6 is 11.6 Å². The molecule has 3 aromatic rings. The van der Waals surface area contributed by atoms with Gasteiger partial charge in [0.25, 0.3) is 0 Å². The summed E-state index contributed by atoms with van der Waals surface area (Å²) >= 11 is 6.09. The number of pyridine rings is 1. The van der Waals surface area contributed by atoms with Crippen LogP contribution in [0.2, 0.25) is 5.02 Å². The van der Waals surface area contributed by atoms with Crippen molar-refractivity contribution in [1.29, 1.82) is 0 Å². The Kier molecular flexibility index (Phi) is 8.46. The summed E-state index contributed by atoms with van der Waals surface area (Å²) in [5.41, 5.74) is -2.31. The molecule has 2 N–H and O–H groups in total. The Morgan fingerprint density at radius 1 is 1.02 bits per heavy atom. The lowest BCUT2D eigenvalue weighted by atomic mass is 9.79. The van der Waals surface area contributed by atoms with Crippen LogP contribution in [0.1, 0.15) is 48.6 Å². The molecule has 0 saturated heterocycles. The highest BCUT2D eigenvalue weighted by Crippen LogP contribution is 2.49. The van der Waals surface area contributed by atoms with Crippen molar-refractivity contribution >= 4 is 23.6 Å². The van der Waals surface area contributed by atoms with Gasteiger partial charge in [-0.05, 0) is 79.5 Å². The van der Waals surface area contributed by atoms with E-state index in [1.165, 1.54) is 18.3 Å². The van der Waals surface area contributed by atoms with E-state index in [1.54, 1.807) is 37.3 Å². The summed E-state index contributed by atoms with van der Waals surface area (Å²) in [6.07, 6.45) is -1.15. The van der Waals surface area contributed by atoms with Crippen molar-refractivity contribution < 1.29 is 31.9 Å². The van der Waals surface area contributed by atoms with E-state index in [-0.39, 0.29) is 47.1 Å². The average Bonchev–Trinajstić information content (AvgIpc) is 3.55. The molecule has 0 radical (unpaired) electrons. The van der Waals surface area contributed by atoms with Crippen molar-refractivity contribution in [3.05, 3.63) is 100 Å². The summed E-state index contributed by atoms with van der Waals surface area (Å²) in [5.74, 6) is -1.91. The number of ether oxygens (including phenoxy) is 1. The Morgan fingerprint density at radius 3 is 2.40 bits per heavy atom. The number of benzene rings is 2. The molecule has 11 heteroatoms. The lowest BCUT2D eigenvalue weighted by Gasteiger charge is -2.37. The number of aromatic nitrogens is 1. The number of hydrogen-bond donors (Lipinski definition) is 2. The predicted molar refractivity (Wildman–Crippen MR) is 148 cm³/mol. The minimum absolute atomic E-state index is 0.0540. The van der Waals surface area contributed by atoms with Crippen LogP contribution in [0.5, 0.6) is 0 Å².